The first-order valence-corrected chi connectivity index (χ1v) is 10.5. The first-order chi connectivity index (χ1) is 14.7. The van der Waals surface area contributed by atoms with Crippen LogP contribution < -0.4 is 4.74 Å². The minimum absolute atomic E-state index is 0.0474. The van der Waals surface area contributed by atoms with Crippen LogP contribution in [0.4, 0.5) is 0 Å². The van der Waals surface area contributed by atoms with Crippen molar-refractivity contribution in [3.8, 4) is 17.3 Å². The van der Waals surface area contributed by atoms with Crippen LogP contribution in [0, 0.1) is 5.92 Å². The van der Waals surface area contributed by atoms with Crippen LogP contribution >= 0.6 is 0 Å². The summed E-state index contributed by atoms with van der Waals surface area (Å²) in [6.07, 6.45) is 4.65. The summed E-state index contributed by atoms with van der Waals surface area (Å²) in [6, 6.07) is 13.7. The zero-order valence-corrected chi connectivity index (χ0v) is 17.5. The van der Waals surface area contributed by atoms with Crippen LogP contribution in [-0.2, 0) is 24.2 Å². The van der Waals surface area contributed by atoms with Gasteiger partial charge in [0.1, 0.15) is 5.76 Å². The van der Waals surface area contributed by atoms with Gasteiger partial charge in [0.15, 0.2) is 5.82 Å². The predicted octanol–water partition coefficient (Wildman–Crippen LogP) is 4.29. The Morgan fingerprint density at radius 1 is 1.13 bits per heavy atom. The zero-order chi connectivity index (χ0) is 20.9. The number of aryl methyl sites for hydroxylation is 1. The standard InChI is InChI=1S/C24H27N3O3/c1-3-29-23-20-13-11-18(24(28)27(2)16-19-10-7-15-30-19)12-14-21(20)25-22(26-23)17-8-5-4-6-9-17/h4-10,15,18H,3,11-14,16H2,1-2H3. The van der Waals surface area contributed by atoms with Crippen molar-refractivity contribution in [2.75, 3.05) is 13.7 Å². The van der Waals surface area contributed by atoms with E-state index < -0.39 is 0 Å². The van der Waals surface area contributed by atoms with Crippen molar-refractivity contribution in [1.29, 1.82) is 0 Å². The first-order valence-electron chi connectivity index (χ1n) is 10.5. The van der Waals surface area contributed by atoms with Gasteiger partial charge in [-0.1, -0.05) is 30.3 Å². The number of carbonyl (C=O) groups is 1. The lowest BCUT2D eigenvalue weighted by Crippen LogP contribution is -2.32. The molecular weight excluding hydrogens is 378 g/mol. The monoisotopic (exact) mass is 405 g/mol. The van der Waals surface area contributed by atoms with E-state index in [9.17, 15) is 4.79 Å². The summed E-state index contributed by atoms with van der Waals surface area (Å²) in [5.41, 5.74) is 3.01. The molecule has 0 spiro atoms. The number of hydrogen-bond acceptors (Lipinski definition) is 5. The van der Waals surface area contributed by atoms with E-state index in [-0.39, 0.29) is 11.8 Å². The lowest BCUT2D eigenvalue weighted by atomic mass is 9.98. The van der Waals surface area contributed by atoms with Gasteiger partial charge in [-0.25, -0.2) is 4.98 Å². The fourth-order valence-electron chi connectivity index (χ4n) is 3.98. The Hall–Kier alpha value is -3.15. The van der Waals surface area contributed by atoms with E-state index >= 15 is 0 Å². The van der Waals surface area contributed by atoms with E-state index in [4.69, 9.17) is 19.1 Å². The van der Waals surface area contributed by atoms with E-state index in [1.165, 1.54) is 0 Å². The molecular formula is C24H27N3O3. The summed E-state index contributed by atoms with van der Waals surface area (Å²) in [6.45, 7) is 2.99. The number of amides is 1. The molecule has 1 aliphatic rings. The van der Waals surface area contributed by atoms with Crippen LogP contribution in [-0.4, -0.2) is 34.4 Å². The number of benzene rings is 1. The molecule has 0 radical (unpaired) electrons. The van der Waals surface area contributed by atoms with Crippen molar-refractivity contribution in [2.24, 2.45) is 5.92 Å². The number of furan rings is 1. The molecule has 0 bridgehead atoms. The van der Waals surface area contributed by atoms with Crippen molar-refractivity contribution < 1.29 is 13.9 Å². The molecule has 1 aliphatic carbocycles. The maximum absolute atomic E-state index is 13.0. The highest BCUT2D eigenvalue weighted by atomic mass is 16.5. The van der Waals surface area contributed by atoms with Gasteiger partial charge in [-0.2, -0.15) is 4.98 Å². The molecule has 0 fully saturated rings. The second-order valence-corrected chi connectivity index (χ2v) is 7.62. The maximum atomic E-state index is 13.0. The quantitative estimate of drug-likeness (QED) is 0.572. The second-order valence-electron chi connectivity index (χ2n) is 7.62. The van der Waals surface area contributed by atoms with Crippen LogP contribution in [0.3, 0.4) is 0 Å². The minimum Gasteiger partial charge on any atom is -0.478 e. The summed E-state index contributed by atoms with van der Waals surface area (Å²) in [5, 5.41) is 0. The van der Waals surface area contributed by atoms with Crippen LogP contribution in [0.25, 0.3) is 11.4 Å². The SMILES string of the molecule is CCOc1nc(-c2ccccc2)nc2c1CCC(C(=O)N(C)Cc1ccco1)CC2. The molecule has 1 unspecified atom stereocenters. The highest BCUT2D eigenvalue weighted by Gasteiger charge is 2.28. The molecule has 1 atom stereocenters. The molecule has 6 nitrogen and oxygen atoms in total. The lowest BCUT2D eigenvalue weighted by molar-refractivity contribution is -0.135. The number of rotatable bonds is 6. The number of fused-ring (bicyclic) bond motifs is 1. The van der Waals surface area contributed by atoms with Gasteiger partial charge in [-0.15, -0.1) is 0 Å². The molecule has 4 rings (SSSR count). The van der Waals surface area contributed by atoms with Gasteiger partial charge >= 0.3 is 0 Å². The summed E-state index contributed by atoms with van der Waals surface area (Å²) in [7, 11) is 1.84. The highest BCUT2D eigenvalue weighted by molar-refractivity contribution is 5.78. The normalized spacial score (nSPS) is 15.9. The molecule has 1 amide bonds. The van der Waals surface area contributed by atoms with E-state index in [0.29, 0.717) is 24.9 Å². The number of carbonyl (C=O) groups excluding carboxylic acids is 1. The molecule has 3 aromatic rings. The predicted molar refractivity (Wildman–Crippen MR) is 114 cm³/mol. The molecule has 0 aliphatic heterocycles. The topological polar surface area (TPSA) is 68.5 Å². The Kier molecular flexibility index (Phi) is 6.12. The van der Waals surface area contributed by atoms with Crippen molar-refractivity contribution in [1.82, 2.24) is 14.9 Å². The third-order valence-electron chi connectivity index (χ3n) is 5.54. The molecule has 0 saturated heterocycles. The first kappa shape index (κ1) is 20.1. The Morgan fingerprint density at radius 2 is 1.93 bits per heavy atom. The molecule has 2 heterocycles. The van der Waals surface area contributed by atoms with E-state index in [1.807, 2.05) is 56.4 Å². The van der Waals surface area contributed by atoms with Gasteiger partial charge in [-0.05, 0) is 44.7 Å². The molecule has 156 valence electrons. The van der Waals surface area contributed by atoms with Crippen molar-refractivity contribution >= 4 is 5.91 Å². The molecule has 1 aromatic carbocycles. The van der Waals surface area contributed by atoms with Gasteiger partial charge in [0.05, 0.1) is 25.1 Å². The van der Waals surface area contributed by atoms with Gasteiger partial charge in [-0.3, -0.25) is 4.79 Å². The van der Waals surface area contributed by atoms with Crippen LogP contribution in [0.5, 0.6) is 5.88 Å². The van der Waals surface area contributed by atoms with Crippen molar-refractivity contribution in [2.45, 2.75) is 39.2 Å². The Balaban J connectivity index is 1.54. The molecule has 2 aromatic heterocycles. The smallest absolute Gasteiger partial charge is 0.225 e. The van der Waals surface area contributed by atoms with Gasteiger partial charge in [0, 0.05) is 24.1 Å². The van der Waals surface area contributed by atoms with Gasteiger partial charge in [0.25, 0.3) is 0 Å². The summed E-state index contributed by atoms with van der Waals surface area (Å²) < 4.78 is 11.3. The Morgan fingerprint density at radius 3 is 2.67 bits per heavy atom. The maximum Gasteiger partial charge on any atom is 0.225 e. The lowest BCUT2D eigenvalue weighted by Gasteiger charge is -2.22. The zero-order valence-electron chi connectivity index (χ0n) is 17.5. The summed E-state index contributed by atoms with van der Waals surface area (Å²) in [5.74, 6) is 2.22. The number of nitrogens with zero attached hydrogens (tertiary/aromatic N) is 3. The second kappa shape index (κ2) is 9.11. The average Bonchev–Trinajstić information content (AvgIpc) is 3.18. The minimum atomic E-state index is -0.0474. The van der Waals surface area contributed by atoms with E-state index in [0.717, 1.165) is 48.3 Å². The molecule has 0 N–H and O–H groups in total. The van der Waals surface area contributed by atoms with Crippen LogP contribution in [0.15, 0.2) is 53.1 Å². The third-order valence-corrected chi connectivity index (χ3v) is 5.54. The molecule has 6 heteroatoms. The third kappa shape index (κ3) is 4.37. The van der Waals surface area contributed by atoms with Crippen molar-refractivity contribution in [3.05, 3.63) is 65.7 Å². The Bertz CT molecular complexity index is 986. The van der Waals surface area contributed by atoms with Gasteiger partial charge in [0.2, 0.25) is 11.8 Å². The average molecular weight is 405 g/mol. The molecule has 30 heavy (non-hydrogen) atoms. The fourth-order valence-corrected chi connectivity index (χ4v) is 3.98. The number of aromatic nitrogens is 2. The number of hydrogen-bond donors (Lipinski definition) is 0. The molecule has 0 saturated carbocycles. The van der Waals surface area contributed by atoms with Gasteiger partial charge < -0.3 is 14.1 Å². The fraction of sp³-hybridized carbons (Fsp3) is 0.375. The summed E-state index contributed by atoms with van der Waals surface area (Å²) >= 11 is 0. The van der Waals surface area contributed by atoms with E-state index in [1.54, 1.807) is 11.2 Å². The Labute approximate surface area is 176 Å². The highest BCUT2D eigenvalue weighted by Crippen LogP contribution is 2.32. The summed E-state index contributed by atoms with van der Waals surface area (Å²) in [4.78, 5) is 24.4. The van der Waals surface area contributed by atoms with Crippen LogP contribution in [0.2, 0.25) is 0 Å². The largest absolute Gasteiger partial charge is 0.478 e. The van der Waals surface area contributed by atoms with Crippen LogP contribution in [0.1, 0.15) is 36.8 Å². The van der Waals surface area contributed by atoms with Crippen molar-refractivity contribution in [3.63, 3.8) is 0 Å². The number of ether oxygens (including phenoxy) is 1. The van der Waals surface area contributed by atoms with E-state index in [2.05, 4.69) is 0 Å².